The molecule has 0 aliphatic carbocycles. The summed E-state index contributed by atoms with van der Waals surface area (Å²) in [4.78, 5) is 23.8. The average Bonchev–Trinajstić information content (AvgIpc) is 2.85. The van der Waals surface area contributed by atoms with Crippen molar-refractivity contribution >= 4 is 17.6 Å². The Morgan fingerprint density at radius 2 is 1.78 bits per heavy atom. The molecule has 0 radical (unpaired) electrons. The summed E-state index contributed by atoms with van der Waals surface area (Å²) in [6.07, 6.45) is 0. The van der Waals surface area contributed by atoms with Crippen LogP contribution >= 0.6 is 0 Å². The van der Waals surface area contributed by atoms with E-state index in [0.717, 1.165) is 0 Å². The lowest BCUT2D eigenvalue weighted by Crippen LogP contribution is -2.16. The van der Waals surface area contributed by atoms with Crippen molar-refractivity contribution in [1.82, 2.24) is 5.16 Å². The third-order valence-corrected chi connectivity index (χ3v) is 3.26. The fourth-order valence-corrected chi connectivity index (χ4v) is 2.15. The number of methoxy groups -OCH3 is 2. The molecule has 1 heterocycles. The number of benzene rings is 1. The van der Waals surface area contributed by atoms with E-state index in [1.165, 1.54) is 26.4 Å². The summed E-state index contributed by atoms with van der Waals surface area (Å²) in [6.45, 7) is 3.22. The van der Waals surface area contributed by atoms with Crippen molar-refractivity contribution in [3.05, 3.63) is 34.7 Å². The number of aryl methyl sites for hydroxylation is 2. The Hall–Kier alpha value is -3.03. The summed E-state index contributed by atoms with van der Waals surface area (Å²) in [5.41, 5.74) is 0.636. The van der Waals surface area contributed by atoms with E-state index in [2.05, 4.69) is 10.5 Å². The fourth-order valence-electron chi connectivity index (χ4n) is 2.15. The molecule has 2 aromatic rings. The lowest BCUT2D eigenvalue weighted by Gasteiger charge is -2.13. The molecule has 8 nitrogen and oxygen atoms in total. The zero-order valence-corrected chi connectivity index (χ0v) is 13.1. The number of nitrogens with one attached hydrogen (secondary N) is 1. The number of carbonyl (C=O) groups excluding carboxylic acids is 1. The standard InChI is InChI=1S/C15H16N2O6/c1-7-13(8(2)23-17-7)14(18)16-10-6-12(22-4)11(21-3)5-9(10)15(19)20/h5-6H,1-4H3,(H,16,18)(H,19,20). The molecule has 1 amide bonds. The Bertz CT molecular complexity index is 746. The van der Waals surface area contributed by atoms with E-state index in [1.54, 1.807) is 13.8 Å². The van der Waals surface area contributed by atoms with E-state index < -0.39 is 11.9 Å². The van der Waals surface area contributed by atoms with Gasteiger partial charge < -0.3 is 24.4 Å². The number of aromatic nitrogens is 1. The molecular weight excluding hydrogens is 304 g/mol. The summed E-state index contributed by atoms with van der Waals surface area (Å²) >= 11 is 0. The van der Waals surface area contributed by atoms with Gasteiger partial charge in [0.1, 0.15) is 11.3 Å². The van der Waals surface area contributed by atoms with Crippen molar-refractivity contribution in [2.75, 3.05) is 19.5 Å². The van der Waals surface area contributed by atoms with Gasteiger partial charge in [0.25, 0.3) is 5.91 Å². The van der Waals surface area contributed by atoms with Crippen LogP contribution in [0.5, 0.6) is 11.5 Å². The number of anilines is 1. The van der Waals surface area contributed by atoms with E-state index in [9.17, 15) is 14.7 Å². The first kappa shape index (κ1) is 16.3. The summed E-state index contributed by atoms with van der Waals surface area (Å²) in [5.74, 6) is -0.833. The van der Waals surface area contributed by atoms with Crippen molar-refractivity contribution in [2.45, 2.75) is 13.8 Å². The second kappa shape index (κ2) is 6.39. The van der Waals surface area contributed by atoms with Gasteiger partial charge in [-0.1, -0.05) is 5.16 Å². The summed E-state index contributed by atoms with van der Waals surface area (Å²) in [7, 11) is 2.81. The highest BCUT2D eigenvalue weighted by molar-refractivity contribution is 6.09. The van der Waals surface area contributed by atoms with Gasteiger partial charge in [-0.25, -0.2) is 4.79 Å². The number of amides is 1. The number of nitrogens with zero attached hydrogens (tertiary/aromatic N) is 1. The van der Waals surface area contributed by atoms with Crippen LogP contribution < -0.4 is 14.8 Å². The minimum atomic E-state index is -1.21. The molecule has 2 N–H and O–H groups in total. The molecule has 0 unspecified atom stereocenters. The molecule has 0 atom stereocenters. The zero-order chi connectivity index (χ0) is 17.1. The van der Waals surface area contributed by atoms with E-state index in [4.69, 9.17) is 14.0 Å². The Kier molecular flexibility index (Phi) is 4.54. The first-order valence-corrected chi connectivity index (χ1v) is 6.62. The second-order valence-electron chi connectivity index (χ2n) is 4.71. The number of hydrogen-bond acceptors (Lipinski definition) is 6. The van der Waals surface area contributed by atoms with Crippen LogP contribution in [0.2, 0.25) is 0 Å². The highest BCUT2D eigenvalue weighted by atomic mass is 16.5. The van der Waals surface area contributed by atoms with Crippen LogP contribution in [-0.4, -0.2) is 36.4 Å². The maximum absolute atomic E-state index is 12.4. The molecule has 2 rings (SSSR count). The smallest absolute Gasteiger partial charge is 0.337 e. The number of hydrogen-bond donors (Lipinski definition) is 2. The van der Waals surface area contributed by atoms with E-state index in [-0.39, 0.29) is 22.6 Å². The molecule has 122 valence electrons. The Morgan fingerprint density at radius 1 is 1.17 bits per heavy atom. The summed E-state index contributed by atoms with van der Waals surface area (Å²) < 4.78 is 15.1. The Balaban J connectivity index is 2.46. The van der Waals surface area contributed by atoms with Gasteiger partial charge in [0.15, 0.2) is 11.5 Å². The lowest BCUT2D eigenvalue weighted by atomic mass is 10.1. The predicted molar refractivity (Wildman–Crippen MR) is 80.4 cm³/mol. The third-order valence-electron chi connectivity index (χ3n) is 3.26. The molecular formula is C15H16N2O6. The molecule has 0 bridgehead atoms. The van der Waals surface area contributed by atoms with Crippen LogP contribution in [0.25, 0.3) is 0 Å². The van der Waals surface area contributed by atoms with Crippen LogP contribution in [-0.2, 0) is 0 Å². The van der Waals surface area contributed by atoms with Gasteiger partial charge in [-0.3, -0.25) is 4.79 Å². The average molecular weight is 320 g/mol. The summed E-state index contributed by atoms with van der Waals surface area (Å²) in [5, 5.41) is 15.6. The van der Waals surface area contributed by atoms with Crippen LogP contribution in [0, 0.1) is 13.8 Å². The topological polar surface area (TPSA) is 111 Å². The molecule has 0 spiro atoms. The molecule has 23 heavy (non-hydrogen) atoms. The highest BCUT2D eigenvalue weighted by Gasteiger charge is 2.22. The maximum atomic E-state index is 12.4. The molecule has 0 aliphatic heterocycles. The number of aromatic carboxylic acids is 1. The molecule has 0 fully saturated rings. The van der Waals surface area contributed by atoms with Crippen LogP contribution in [0.1, 0.15) is 32.2 Å². The van der Waals surface area contributed by atoms with Crippen molar-refractivity contribution < 1.29 is 28.7 Å². The minimum absolute atomic E-state index is 0.0835. The van der Waals surface area contributed by atoms with Crippen molar-refractivity contribution in [3.8, 4) is 11.5 Å². The molecule has 0 saturated carbocycles. The molecule has 8 heteroatoms. The van der Waals surface area contributed by atoms with Gasteiger partial charge in [-0.05, 0) is 13.8 Å². The Morgan fingerprint density at radius 3 is 2.26 bits per heavy atom. The van der Waals surface area contributed by atoms with Crippen molar-refractivity contribution in [2.24, 2.45) is 0 Å². The molecule has 1 aromatic carbocycles. The number of carbonyl (C=O) groups is 2. The highest BCUT2D eigenvalue weighted by Crippen LogP contribution is 2.33. The third kappa shape index (κ3) is 3.10. The SMILES string of the molecule is COc1cc(NC(=O)c2c(C)noc2C)c(C(=O)O)cc1OC. The van der Waals surface area contributed by atoms with Gasteiger partial charge in [-0.15, -0.1) is 0 Å². The van der Waals surface area contributed by atoms with Gasteiger partial charge in [0.2, 0.25) is 0 Å². The zero-order valence-electron chi connectivity index (χ0n) is 13.1. The molecule has 0 aliphatic rings. The quantitative estimate of drug-likeness (QED) is 0.869. The number of carboxylic acids is 1. The maximum Gasteiger partial charge on any atom is 0.337 e. The summed E-state index contributed by atoms with van der Waals surface area (Å²) in [6, 6.07) is 2.67. The van der Waals surface area contributed by atoms with Crippen molar-refractivity contribution in [1.29, 1.82) is 0 Å². The van der Waals surface area contributed by atoms with Gasteiger partial charge in [-0.2, -0.15) is 0 Å². The van der Waals surface area contributed by atoms with Crippen LogP contribution in [0.4, 0.5) is 5.69 Å². The number of rotatable bonds is 5. The van der Waals surface area contributed by atoms with Gasteiger partial charge in [0, 0.05) is 12.1 Å². The number of ether oxygens (including phenoxy) is 2. The first-order valence-electron chi connectivity index (χ1n) is 6.62. The van der Waals surface area contributed by atoms with Crippen molar-refractivity contribution in [3.63, 3.8) is 0 Å². The monoisotopic (exact) mass is 320 g/mol. The lowest BCUT2D eigenvalue weighted by molar-refractivity contribution is 0.0697. The van der Waals surface area contributed by atoms with Gasteiger partial charge >= 0.3 is 5.97 Å². The molecule has 1 aromatic heterocycles. The minimum Gasteiger partial charge on any atom is -0.493 e. The van der Waals surface area contributed by atoms with E-state index in [0.29, 0.717) is 17.2 Å². The van der Waals surface area contributed by atoms with E-state index in [1.807, 2.05) is 0 Å². The van der Waals surface area contributed by atoms with Crippen LogP contribution in [0.3, 0.4) is 0 Å². The predicted octanol–water partition coefficient (Wildman–Crippen LogP) is 2.26. The van der Waals surface area contributed by atoms with Gasteiger partial charge in [0.05, 0.1) is 31.2 Å². The number of carboxylic acid groups (broad SMARTS) is 1. The normalized spacial score (nSPS) is 10.3. The van der Waals surface area contributed by atoms with E-state index >= 15 is 0 Å². The first-order chi connectivity index (χ1) is 10.9. The second-order valence-corrected chi connectivity index (χ2v) is 4.71. The largest absolute Gasteiger partial charge is 0.493 e. The molecule has 0 saturated heterocycles. The Labute approximate surface area is 132 Å². The van der Waals surface area contributed by atoms with Crippen LogP contribution in [0.15, 0.2) is 16.7 Å². The fraction of sp³-hybridized carbons (Fsp3) is 0.267.